The minimum Gasteiger partial charge on any atom is -0.406 e. The van der Waals surface area contributed by atoms with Crippen molar-refractivity contribution in [1.29, 1.82) is 0 Å². The molecule has 7 nitrogen and oxygen atoms in total. The molecule has 2 N–H and O–H groups in total. The molecule has 2 aliphatic rings. The van der Waals surface area contributed by atoms with Crippen LogP contribution in [0.5, 0.6) is 5.75 Å². The number of halogens is 3. The number of hydrogen-bond donors (Lipinski definition) is 2. The van der Waals surface area contributed by atoms with Crippen LogP contribution in [0.2, 0.25) is 0 Å². The van der Waals surface area contributed by atoms with Gasteiger partial charge in [0.15, 0.2) is 5.82 Å². The van der Waals surface area contributed by atoms with Crippen molar-refractivity contribution in [3.8, 4) is 5.75 Å². The maximum atomic E-state index is 12.5. The fourth-order valence-corrected chi connectivity index (χ4v) is 5.02. The summed E-state index contributed by atoms with van der Waals surface area (Å²) in [5.41, 5.74) is 0.592. The number of nitrogens with one attached hydrogen (secondary N) is 2. The van der Waals surface area contributed by atoms with E-state index in [0.29, 0.717) is 16.9 Å². The maximum Gasteiger partial charge on any atom is 0.573 e. The summed E-state index contributed by atoms with van der Waals surface area (Å²) < 4.78 is 43.1. The summed E-state index contributed by atoms with van der Waals surface area (Å²) in [5, 5.41) is 10.6. The molecule has 2 fully saturated rings. The van der Waals surface area contributed by atoms with Crippen LogP contribution in [0.25, 0.3) is 10.9 Å². The van der Waals surface area contributed by atoms with Gasteiger partial charge in [0.05, 0.1) is 12.1 Å². The van der Waals surface area contributed by atoms with Crippen LogP contribution >= 0.6 is 0 Å². The third kappa shape index (κ3) is 5.78. The molecule has 2 aromatic rings. The van der Waals surface area contributed by atoms with Crippen molar-refractivity contribution in [2.75, 3.05) is 25.0 Å². The SMILES string of the molecule is CC(C)C1CCC(N2CC(NCC(=O)Nc3nn(C)c4ccc(OC(F)(F)F)cc34)C2)CC1. The molecule has 1 amide bonds. The van der Waals surface area contributed by atoms with E-state index in [1.165, 1.54) is 48.6 Å². The fraction of sp³-hybridized carbons (Fsp3) is 0.652. The van der Waals surface area contributed by atoms with Gasteiger partial charge in [-0.3, -0.25) is 14.4 Å². The van der Waals surface area contributed by atoms with Crippen molar-refractivity contribution < 1.29 is 22.7 Å². The normalized spacial score (nSPS) is 22.5. The summed E-state index contributed by atoms with van der Waals surface area (Å²) in [5.74, 6) is 1.18. The van der Waals surface area contributed by atoms with Crippen molar-refractivity contribution in [2.24, 2.45) is 18.9 Å². The first kappa shape index (κ1) is 23.8. The van der Waals surface area contributed by atoms with Crippen molar-refractivity contribution in [1.82, 2.24) is 20.0 Å². The van der Waals surface area contributed by atoms with Gasteiger partial charge in [0, 0.05) is 37.6 Å². The number of aromatic nitrogens is 2. The second-order valence-electron chi connectivity index (χ2n) is 9.59. The highest BCUT2D eigenvalue weighted by atomic mass is 19.4. The number of aryl methyl sites for hydroxylation is 1. The van der Waals surface area contributed by atoms with Crippen LogP contribution in [0.1, 0.15) is 39.5 Å². The smallest absolute Gasteiger partial charge is 0.406 e. The number of hydrogen-bond acceptors (Lipinski definition) is 5. The summed E-state index contributed by atoms with van der Waals surface area (Å²) >= 11 is 0. The predicted octanol–water partition coefficient (Wildman–Crippen LogP) is 3.90. The van der Waals surface area contributed by atoms with Crippen LogP contribution in [0.4, 0.5) is 19.0 Å². The second kappa shape index (κ2) is 9.50. The first-order valence-corrected chi connectivity index (χ1v) is 11.6. The quantitative estimate of drug-likeness (QED) is 0.646. The number of benzene rings is 1. The molecule has 1 aromatic carbocycles. The van der Waals surface area contributed by atoms with Gasteiger partial charge in [0.1, 0.15) is 5.75 Å². The van der Waals surface area contributed by atoms with Crippen LogP contribution in [-0.4, -0.2) is 58.7 Å². The lowest BCUT2D eigenvalue weighted by Gasteiger charge is -2.47. The minimum atomic E-state index is -4.78. The molecule has 0 unspecified atom stereocenters. The van der Waals surface area contributed by atoms with E-state index < -0.39 is 6.36 Å². The molecule has 1 aromatic heterocycles. The lowest BCUT2D eigenvalue weighted by atomic mass is 9.78. The van der Waals surface area contributed by atoms with Crippen molar-refractivity contribution in [3.05, 3.63) is 18.2 Å². The van der Waals surface area contributed by atoms with E-state index in [-0.39, 0.29) is 30.1 Å². The lowest BCUT2D eigenvalue weighted by molar-refractivity contribution is -0.274. The molecule has 2 heterocycles. The van der Waals surface area contributed by atoms with E-state index in [1.807, 2.05) is 0 Å². The Morgan fingerprint density at radius 3 is 2.55 bits per heavy atom. The van der Waals surface area contributed by atoms with Gasteiger partial charge in [-0.25, -0.2) is 0 Å². The number of rotatable bonds is 7. The van der Waals surface area contributed by atoms with E-state index in [9.17, 15) is 18.0 Å². The van der Waals surface area contributed by atoms with Crippen molar-refractivity contribution >= 4 is 22.6 Å². The van der Waals surface area contributed by atoms with Crippen LogP contribution in [0, 0.1) is 11.8 Å². The fourth-order valence-electron chi connectivity index (χ4n) is 5.02. The van der Waals surface area contributed by atoms with Gasteiger partial charge in [-0.2, -0.15) is 5.10 Å². The molecule has 1 aliphatic heterocycles. The van der Waals surface area contributed by atoms with Gasteiger partial charge < -0.3 is 15.4 Å². The van der Waals surface area contributed by atoms with Gasteiger partial charge >= 0.3 is 6.36 Å². The highest BCUT2D eigenvalue weighted by Gasteiger charge is 2.35. The zero-order valence-corrected chi connectivity index (χ0v) is 19.3. The molecule has 1 saturated heterocycles. The summed E-state index contributed by atoms with van der Waals surface area (Å²) in [4.78, 5) is 15.0. The Balaban J connectivity index is 1.26. The summed E-state index contributed by atoms with van der Waals surface area (Å²) in [6, 6.07) is 4.86. The lowest BCUT2D eigenvalue weighted by Crippen LogP contribution is -2.62. The molecular weight excluding hydrogens is 435 g/mol. The number of alkyl halides is 3. The van der Waals surface area contributed by atoms with Crippen LogP contribution < -0.4 is 15.4 Å². The van der Waals surface area contributed by atoms with Gasteiger partial charge in [0.25, 0.3) is 0 Å². The van der Waals surface area contributed by atoms with Crippen LogP contribution in [0.3, 0.4) is 0 Å². The Labute approximate surface area is 191 Å². The zero-order valence-electron chi connectivity index (χ0n) is 19.3. The first-order chi connectivity index (χ1) is 15.6. The van der Waals surface area contributed by atoms with E-state index >= 15 is 0 Å². The molecule has 0 bridgehead atoms. The third-order valence-corrected chi connectivity index (χ3v) is 6.97. The molecule has 1 aliphatic carbocycles. The minimum absolute atomic E-state index is 0.120. The largest absolute Gasteiger partial charge is 0.573 e. The Hall–Kier alpha value is -2.33. The average Bonchev–Trinajstić information content (AvgIpc) is 3.00. The predicted molar refractivity (Wildman–Crippen MR) is 120 cm³/mol. The molecule has 0 radical (unpaired) electrons. The number of carbonyl (C=O) groups excluding carboxylic acids is 1. The molecule has 0 spiro atoms. The zero-order chi connectivity index (χ0) is 23.8. The maximum absolute atomic E-state index is 12.5. The number of nitrogens with zero attached hydrogens (tertiary/aromatic N) is 3. The van der Waals surface area contributed by atoms with Crippen molar-refractivity contribution in [3.63, 3.8) is 0 Å². The molecular formula is C23H32F3N5O2. The van der Waals surface area contributed by atoms with Gasteiger partial charge in [-0.05, 0) is 55.7 Å². The monoisotopic (exact) mass is 467 g/mol. The Morgan fingerprint density at radius 1 is 1.21 bits per heavy atom. The number of likely N-dealkylation sites (tertiary alicyclic amines) is 1. The van der Waals surface area contributed by atoms with E-state index in [2.05, 4.69) is 39.2 Å². The van der Waals surface area contributed by atoms with Crippen LogP contribution in [-0.2, 0) is 11.8 Å². The Morgan fingerprint density at radius 2 is 1.91 bits per heavy atom. The Kier molecular flexibility index (Phi) is 6.86. The molecule has 182 valence electrons. The molecule has 33 heavy (non-hydrogen) atoms. The van der Waals surface area contributed by atoms with Gasteiger partial charge in [-0.15, -0.1) is 13.2 Å². The topological polar surface area (TPSA) is 71.4 Å². The summed E-state index contributed by atoms with van der Waals surface area (Å²) in [6.45, 7) is 6.62. The van der Waals surface area contributed by atoms with E-state index in [0.717, 1.165) is 24.9 Å². The summed E-state index contributed by atoms with van der Waals surface area (Å²) in [6.07, 6.45) is 0.319. The molecule has 0 atom stereocenters. The molecule has 4 rings (SSSR count). The molecule has 10 heteroatoms. The molecule has 1 saturated carbocycles. The van der Waals surface area contributed by atoms with Crippen molar-refractivity contribution in [2.45, 2.75) is 58.0 Å². The van der Waals surface area contributed by atoms with E-state index in [1.54, 1.807) is 7.05 Å². The third-order valence-electron chi connectivity index (χ3n) is 6.97. The number of carbonyl (C=O) groups is 1. The number of amides is 1. The summed E-state index contributed by atoms with van der Waals surface area (Å²) in [7, 11) is 1.66. The van der Waals surface area contributed by atoms with Gasteiger partial charge in [-0.1, -0.05) is 13.8 Å². The van der Waals surface area contributed by atoms with Gasteiger partial charge in [0.2, 0.25) is 5.91 Å². The van der Waals surface area contributed by atoms with Crippen LogP contribution in [0.15, 0.2) is 18.2 Å². The average molecular weight is 468 g/mol. The van der Waals surface area contributed by atoms with E-state index in [4.69, 9.17) is 0 Å². The Bertz CT molecular complexity index is 976. The number of fused-ring (bicyclic) bond motifs is 1. The standard InChI is InChI=1S/C23H32F3N5O2/c1-14(2)15-4-6-17(7-5-15)31-12-16(13-31)27-11-21(32)28-22-19-10-18(33-23(24,25)26)8-9-20(19)30(3)29-22/h8-10,14-17,27H,4-7,11-13H2,1-3H3,(H,28,29,32). The number of ether oxygens (including phenoxy) is 1. The number of anilines is 1. The second-order valence-corrected chi connectivity index (χ2v) is 9.59. The highest BCUT2D eigenvalue weighted by molar-refractivity contribution is 6.01. The highest BCUT2D eigenvalue weighted by Crippen LogP contribution is 2.34. The first-order valence-electron chi connectivity index (χ1n) is 11.6.